The molecule has 2 heterocycles. The van der Waals surface area contributed by atoms with Gasteiger partial charge in [-0.2, -0.15) is 5.10 Å². The van der Waals surface area contributed by atoms with E-state index in [0.717, 1.165) is 21.7 Å². The van der Waals surface area contributed by atoms with Crippen LogP contribution in [0.4, 0.5) is 5.82 Å². The summed E-state index contributed by atoms with van der Waals surface area (Å²) in [7, 11) is 0. The van der Waals surface area contributed by atoms with Crippen LogP contribution in [0, 0.1) is 13.8 Å². The molecule has 0 atom stereocenters. The largest absolute Gasteiger partial charge is 0.394 e. The Kier molecular flexibility index (Phi) is 4.78. The molecule has 1 amide bonds. The molecule has 3 aromatic rings. The van der Waals surface area contributed by atoms with Crippen molar-refractivity contribution in [1.29, 1.82) is 0 Å². The van der Waals surface area contributed by atoms with Crippen LogP contribution < -0.4 is 5.32 Å². The van der Waals surface area contributed by atoms with E-state index < -0.39 is 0 Å². The third-order valence-corrected chi connectivity index (χ3v) is 4.72. The van der Waals surface area contributed by atoms with Gasteiger partial charge in [-0.15, -0.1) is 11.3 Å². The second kappa shape index (κ2) is 6.98. The summed E-state index contributed by atoms with van der Waals surface area (Å²) in [6, 6.07) is 13.5. The van der Waals surface area contributed by atoms with Crippen molar-refractivity contribution in [2.45, 2.75) is 20.4 Å². The maximum absolute atomic E-state index is 12.4. The standard InChI is InChI=1S/C18H19N3O2S/c1-12-5-3-4-6-14(12)15-11-17(21(20-15)9-10-22)19-18(23)16-8-7-13(2)24-16/h3-8,11,22H,9-10H2,1-2H3,(H,19,23). The van der Waals surface area contributed by atoms with E-state index in [1.54, 1.807) is 4.68 Å². The molecule has 0 radical (unpaired) electrons. The Balaban J connectivity index is 1.92. The first kappa shape index (κ1) is 16.4. The van der Waals surface area contributed by atoms with E-state index in [-0.39, 0.29) is 12.5 Å². The molecule has 0 bridgehead atoms. The highest BCUT2D eigenvalue weighted by Crippen LogP contribution is 2.25. The molecular formula is C18H19N3O2S. The van der Waals surface area contributed by atoms with Crippen molar-refractivity contribution in [3.63, 3.8) is 0 Å². The molecule has 1 aromatic carbocycles. The number of nitrogens with zero attached hydrogens (tertiary/aromatic N) is 2. The molecule has 0 aliphatic carbocycles. The van der Waals surface area contributed by atoms with Crippen LogP contribution in [0.2, 0.25) is 0 Å². The molecule has 5 nitrogen and oxygen atoms in total. The van der Waals surface area contributed by atoms with E-state index in [1.807, 2.05) is 56.3 Å². The number of hydrogen-bond donors (Lipinski definition) is 2. The molecule has 0 spiro atoms. The zero-order chi connectivity index (χ0) is 17.1. The van der Waals surface area contributed by atoms with Gasteiger partial charge in [-0.1, -0.05) is 24.3 Å². The highest BCUT2D eigenvalue weighted by atomic mass is 32.1. The van der Waals surface area contributed by atoms with Gasteiger partial charge >= 0.3 is 0 Å². The van der Waals surface area contributed by atoms with Crippen molar-refractivity contribution in [3.05, 3.63) is 57.8 Å². The van der Waals surface area contributed by atoms with Gasteiger partial charge in [-0.05, 0) is 31.5 Å². The molecule has 6 heteroatoms. The van der Waals surface area contributed by atoms with Crippen molar-refractivity contribution >= 4 is 23.1 Å². The number of nitrogens with one attached hydrogen (secondary N) is 1. The lowest BCUT2D eigenvalue weighted by molar-refractivity contribution is 0.102. The third kappa shape index (κ3) is 3.39. The van der Waals surface area contributed by atoms with E-state index in [2.05, 4.69) is 10.4 Å². The van der Waals surface area contributed by atoms with Crippen molar-refractivity contribution in [2.24, 2.45) is 0 Å². The predicted molar refractivity (Wildman–Crippen MR) is 96.5 cm³/mol. The lowest BCUT2D eigenvalue weighted by Gasteiger charge is -2.06. The number of thiophene rings is 1. The molecule has 0 saturated heterocycles. The average molecular weight is 341 g/mol. The van der Waals surface area contributed by atoms with Crippen molar-refractivity contribution < 1.29 is 9.90 Å². The Hall–Kier alpha value is -2.44. The number of anilines is 1. The van der Waals surface area contributed by atoms with Gasteiger partial charge < -0.3 is 10.4 Å². The van der Waals surface area contributed by atoms with Gasteiger partial charge in [-0.25, -0.2) is 4.68 Å². The van der Waals surface area contributed by atoms with E-state index in [1.165, 1.54) is 11.3 Å². The van der Waals surface area contributed by atoms with Crippen LogP contribution in [-0.2, 0) is 6.54 Å². The van der Waals surface area contributed by atoms with E-state index in [9.17, 15) is 9.90 Å². The first-order valence-electron chi connectivity index (χ1n) is 7.71. The maximum Gasteiger partial charge on any atom is 0.266 e. The minimum Gasteiger partial charge on any atom is -0.394 e. The maximum atomic E-state index is 12.4. The summed E-state index contributed by atoms with van der Waals surface area (Å²) in [6.45, 7) is 4.27. The summed E-state index contributed by atoms with van der Waals surface area (Å²) in [5.74, 6) is 0.418. The number of aliphatic hydroxyl groups excluding tert-OH is 1. The van der Waals surface area contributed by atoms with Crippen molar-refractivity contribution in [3.8, 4) is 11.3 Å². The van der Waals surface area contributed by atoms with Gasteiger partial charge in [0.2, 0.25) is 0 Å². The minimum atomic E-state index is -0.163. The highest BCUT2D eigenvalue weighted by Gasteiger charge is 2.15. The molecule has 0 saturated carbocycles. The number of aryl methyl sites for hydroxylation is 2. The Morgan fingerprint density at radius 3 is 2.71 bits per heavy atom. The van der Waals surface area contributed by atoms with Crippen LogP contribution in [-0.4, -0.2) is 27.4 Å². The summed E-state index contributed by atoms with van der Waals surface area (Å²) in [5.41, 5.74) is 2.90. The summed E-state index contributed by atoms with van der Waals surface area (Å²) >= 11 is 1.45. The quantitative estimate of drug-likeness (QED) is 0.747. The van der Waals surface area contributed by atoms with Gasteiger partial charge in [-0.3, -0.25) is 4.79 Å². The van der Waals surface area contributed by atoms with Gasteiger partial charge in [0, 0.05) is 16.5 Å². The van der Waals surface area contributed by atoms with Gasteiger partial charge in [0.15, 0.2) is 0 Å². The number of hydrogen-bond acceptors (Lipinski definition) is 4. The second-order valence-electron chi connectivity index (χ2n) is 5.54. The smallest absolute Gasteiger partial charge is 0.266 e. The Morgan fingerprint density at radius 2 is 2.04 bits per heavy atom. The van der Waals surface area contributed by atoms with Gasteiger partial charge in [0.05, 0.1) is 23.7 Å². The molecule has 3 rings (SSSR count). The molecule has 0 unspecified atom stereocenters. The fraction of sp³-hybridized carbons (Fsp3) is 0.222. The topological polar surface area (TPSA) is 67.2 Å². The third-order valence-electron chi connectivity index (χ3n) is 3.72. The Bertz CT molecular complexity index is 867. The van der Waals surface area contributed by atoms with Crippen LogP contribution in [0.25, 0.3) is 11.3 Å². The fourth-order valence-electron chi connectivity index (χ4n) is 2.51. The van der Waals surface area contributed by atoms with Crippen LogP contribution in [0.5, 0.6) is 0 Å². The first-order valence-corrected chi connectivity index (χ1v) is 8.52. The van der Waals surface area contributed by atoms with E-state index in [0.29, 0.717) is 17.2 Å². The molecule has 2 aromatic heterocycles. The molecule has 2 N–H and O–H groups in total. The zero-order valence-corrected chi connectivity index (χ0v) is 14.4. The van der Waals surface area contributed by atoms with Gasteiger partial charge in [0.25, 0.3) is 5.91 Å². The number of amides is 1. The number of carbonyl (C=O) groups is 1. The van der Waals surface area contributed by atoms with Gasteiger partial charge in [0.1, 0.15) is 5.82 Å². The van der Waals surface area contributed by atoms with Crippen LogP contribution in [0.1, 0.15) is 20.1 Å². The summed E-state index contributed by atoms with van der Waals surface area (Å²) in [4.78, 5) is 14.1. The van der Waals surface area contributed by atoms with Crippen molar-refractivity contribution in [2.75, 3.05) is 11.9 Å². The second-order valence-corrected chi connectivity index (χ2v) is 6.83. The lowest BCUT2D eigenvalue weighted by Crippen LogP contribution is -2.15. The summed E-state index contributed by atoms with van der Waals surface area (Å²) < 4.78 is 1.63. The molecule has 0 fully saturated rings. The normalized spacial score (nSPS) is 10.8. The van der Waals surface area contributed by atoms with Crippen LogP contribution in [0.15, 0.2) is 42.5 Å². The minimum absolute atomic E-state index is 0.0458. The first-order chi connectivity index (χ1) is 11.6. The van der Waals surface area contributed by atoms with Crippen LogP contribution in [0.3, 0.4) is 0 Å². The molecule has 24 heavy (non-hydrogen) atoms. The molecule has 124 valence electrons. The number of carbonyl (C=O) groups excluding carboxylic acids is 1. The zero-order valence-electron chi connectivity index (χ0n) is 13.6. The van der Waals surface area contributed by atoms with Crippen LogP contribution >= 0.6 is 11.3 Å². The van der Waals surface area contributed by atoms with Crippen molar-refractivity contribution in [1.82, 2.24) is 9.78 Å². The summed E-state index contributed by atoms with van der Waals surface area (Å²) in [6.07, 6.45) is 0. The molecule has 0 aliphatic heterocycles. The number of rotatable bonds is 5. The molecule has 0 aliphatic rings. The predicted octanol–water partition coefficient (Wildman–Crippen LogP) is 3.47. The Morgan fingerprint density at radius 1 is 1.25 bits per heavy atom. The number of aliphatic hydroxyl groups is 1. The number of aromatic nitrogens is 2. The monoisotopic (exact) mass is 341 g/mol. The Labute approximate surface area is 144 Å². The fourth-order valence-corrected chi connectivity index (χ4v) is 3.27. The van der Waals surface area contributed by atoms with E-state index >= 15 is 0 Å². The summed E-state index contributed by atoms with van der Waals surface area (Å²) in [5, 5.41) is 16.7. The SMILES string of the molecule is Cc1ccc(C(=O)Nc2cc(-c3ccccc3C)nn2CCO)s1. The molecular weight excluding hydrogens is 322 g/mol. The lowest BCUT2D eigenvalue weighted by atomic mass is 10.1. The highest BCUT2D eigenvalue weighted by molar-refractivity contribution is 7.14. The number of benzene rings is 1. The van der Waals surface area contributed by atoms with E-state index in [4.69, 9.17) is 0 Å². The average Bonchev–Trinajstić information content (AvgIpc) is 3.15.